The van der Waals surface area contributed by atoms with E-state index in [9.17, 15) is 9.59 Å². The normalized spacial score (nSPS) is 18.0. The van der Waals surface area contributed by atoms with Gasteiger partial charge in [-0.2, -0.15) is 0 Å². The summed E-state index contributed by atoms with van der Waals surface area (Å²) < 4.78 is 0. The van der Waals surface area contributed by atoms with Crippen molar-refractivity contribution in [2.75, 3.05) is 19.6 Å². The van der Waals surface area contributed by atoms with Gasteiger partial charge in [0, 0.05) is 25.6 Å². The molecule has 1 heterocycles. The van der Waals surface area contributed by atoms with Crippen LogP contribution in [0.15, 0.2) is 0 Å². The van der Waals surface area contributed by atoms with E-state index in [0.717, 1.165) is 19.3 Å². The lowest BCUT2D eigenvalue weighted by Crippen LogP contribution is -2.48. The SMILES string of the molecule is CC(C)CC(CN)NC(=O)CN1CCCCC1=O. The maximum Gasteiger partial charge on any atom is 0.239 e. The van der Waals surface area contributed by atoms with E-state index < -0.39 is 0 Å². The molecule has 1 atom stereocenters. The minimum Gasteiger partial charge on any atom is -0.351 e. The highest BCUT2D eigenvalue weighted by Crippen LogP contribution is 2.10. The molecule has 0 aliphatic carbocycles. The molecule has 1 aliphatic heterocycles. The van der Waals surface area contributed by atoms with Crippen LogP contribution in [-0.2, 0) is 9.59 Å². The van der Waals surface area contributed by atoms with Crippen LogP contribution in [0.4, 0.5) is 0 Å². The molecule has 18 heavy (non-hydrogen) atoms. The fraction of sp³-hybridized carbons (Fsp3) is 0.846. The lowest BCUT2D eigenvalue weighted by atomic mass is 10.0. The molecule has 0 bridgehead atoms. The number of amides is 2. The van der Waals surface area contributed by atoms with Crippen molar-refractivity contribution >= 4 is 11.8 Å². The van der Waals surface area contributed by atoms with Crippen molar-refractivity contribution < 1.29 is 9.59 Å². The number of hydrogen-bond donors (Lipinski definition) is 2. The van der Waals surface area contributed by atoms with Gasteiger partial charge in [-0.1, -0.05) is 13.8 Å². The van der Waals surface area contributed by atoms with Gasteiger partial charge < -0.3 is 16.0 Å². The Hall–Kier alpha value is -1.10. The molecule has 1 aliphatic rings. The second-order valence-corrected chi connectivity index (χ2v) is 5.40. The number of carbonyl (C=O) groups is 2. The smallest absolute Gasteiger partial charge is 0.239 e. The highest BCUT2D eigenvalue weighted by molar-refractivity contribution is 5.85. The number of likely N-dealkylation sites (tertiary alicyclic amines) is 1. The first-order valence-corrected chi connectivity index (χ1v) is 6.80. The number of hydrogen-bond acceptors (Lipinski definition) is 3. The molecule has 0 aromatic rings. The van der Waals surface area contributed by atoms with Gasteiger partial charge in [0.2, 0.25) is 11.8 Å². The Morgan fingerprint density at radius 1 is 1.44 bits per heavy atom. The van der Waals surface area contributed by atoms with Crippen molar-refractivity contribution in [3.05, 3.63) is 0 Å². The Morgan fingerprint density at radius 3 is 2.72 bits per heavy atom. The third-order valence-electron chi connectivity index (χ3n) is 3.16. The van der Waals surface area contributed by atoms with Crippen molar-refractivity contribution in [2.45, 2.75) is 45.6 Å². The molecule has 1 unspecified atom stereocenters. The van der Waals surface area contributed by atoms with Crippen LogP contribution >= 0.6 is 0 Å². The summed E-state index contributed by atoms with van der Waals surface area (Å²) in [5, 5.41) is 2.91. The summed E-state index contributed by atoms with van der Waals surface area (Å²) in [6.07, 6.45) is 3.37. The topological polar surface area (TPSA) is 75.4 Å². The Bertz CT molecular complexity index is 292. The van der Waals surface area contributed by atoms with E-state index >= 15 is 0 Å². The highest BCUT2D eigenvalue weighted by Gasteiger charge is 2.21. The fourth-order valence-electron chi connectivity index (χ4n) is 2.26. The average Bonchev–Trinajstić information content (AvgIpc) is 2.30. The second-order valence-electron chi connectivity index (χ2n) is 5.40. The molecule has 0 aromatic carbocycles. The van der Waals surface area contributed by atoms with E-state index in [-0.39, 0.29) is 24.4 Å². The van der Waals surface area contributed by atoms with Crippen molar-refractivity contribution in [2.24, 2.45) is 11.7 Å². The molecule has 0 aromatic heterocycles. The fourth-order valence-corrected chi connectivity index (χ4v) is 2.26. The quantitative estimate of drug-likeness (QED) is 0.725. The maximum atomic E-state index is 11.8. The molecular formula is C13H25N3O2. The first kappa shape index (κ1) is 15.0. The van der Waals surface area contributed by atoms with Crippen molar-refractivity contribution in [1.29, 1.82) is 0 Å². The van der Waals surface area contributed by atoms with Gasteiger partial charge in [-0.25, -0.2) is 0 Å². The average molecular weight is 255 g/mol. The molecule has 0 saturated carbocycles. The number of piperidine rings is 1. The summed E-state index contributed by atoms with van der Waals surface area (Å²) in [5.74, 6) is 0.487. The Labute approximate surface area is 109 Å². The summed E-state index contributed by atoms with van der Waals surface area (Å²) in [6, 6.07) is 0.0115. The molecule has 1 fully saturated rings. The first-order chi connectivity index (χ1) is 8.52. The van der Waals surface area contributed by atoms with Crippen LogP contribution < -0.4 is 11.1 Å². The van der Waals surface area contributed by atoms with E-state index in [2.05, 4.69) is 19.2 Å². The predicted octanol–water partition coefficient (Wildman–Crippen LogP) is 0.489. The van der Waals surface area contributed by atoms with Gasteiger partial charge in [0.15, 0.2) is 0 Å². The maximum absolute atomic E-state index is 11.8. The summed E-state index contributed by atoms with van der Waals surface area (Å²) in [6.45, 7) is 5.51. The Morgan fingerprint density at radius 2 is 2.17 bits per heavy atom. The van der Waals surface area contributed by atoms with E-state index in [1.54, 1.807) is 4.90 Å². The molecule has 0 spiro atoms. The van der Waals surface area contributed by atoms with E-state index in [0.29, 0.717) is 25.4 Å². The Kier molecular flexibility index (Phi) is 6.12. The standard InChI is InChI=1S/C13H25N3O2/c1-10(2)7-11(8-14)15-12(17)9-16-6-4-3-5-13(16)18/h10-11H,3-9,14H2,1-2H3,(H,15,17). The van der Waals surface area contributed by atoms with Crippen molar-refractivity contribution in [1.82, 2.24) is 10.2 Å². The van der Waals surface area contributed by atoms with Gasteiger partial charge in [-0.05, 0) is 25.2 Å². The van der Waals surface area contributed by atoms with Crippen LogP contribution in [0.1, 0.15) is 39.5 Å². The zero-order valence-corrected chi connectivity index (χ0v) is 11.4. The molecular weight excluding hydrogens is 230 g/mol. The number of rotatable bonds is 6. The van der Waals surface area contributed by atoms with Crippen molar-refractivity contribution in [3.63, 3.8) is 0 Å². The first-order valence-electron chi connectivity index (χ1n) is 6.80. The molecule has 5 nitrogen and oxygen atoms in total. The molecule has 5 heteroatoms. The van der Waals surface area contributed by atoms with E-state index in [4.69, 9.17) is 5.73 Å². The highest BCUT2D eigenvalue weighted by atomic mass is 16.2. The van der Waals surface area contributed by atoms with Gasteiger partial charge in [-0.15, -0.1) is 0 Å². The van der Waals surface area contributed by atoms with Gasteiger partial charge in [0.25, 0.3) is 0 Å². The zero-order chi connectivity index (χ0) is 13.5. The predicted molar refractivity (Wildman–Crippen MR) is 70.9 cm³/mol. The Balaban J connectivity index is 2.37. The van der Waals surface area contributed by atoms with Crippen LogP contribution in [0.3, 0.4) is 0 Å². The van der Waals surface area contributed by atoms with Gasteiger partial charge in [-0.3, -0.25) is 9.59 Å². The summed E-state index contributed by atoms with van der Waals surface area (Å²) in [4.78, 5) is 25.1. The molecule has 3 N–H and O–H groups in total. The molecule has 0 radical (unpaired) electrons. The number of nitrogens with two attached hydrogens (primary N) is 1. The number of nitrogens with one attached hydrogen (secondary N) is 1. The monoisotopic (exact) mass is 255 g/mol. The van der Waals surface area contributed by atoms with Gasteiger partial charge >= 0.3 is 0 Å². The minimum atomic E-state index is -0.0960. The zero-order valence-electron chi connectivity index (χ0n) is 11.4. The number of nitrogens with zero attached hydrogens (tertiary/aromatic N) is 1. The second kappa shape index (κ2) is 7.36. The molecule has 104 valence electrons. The van der Waals surface area contributed by atoms with Crippen LogP contribution in [0.2, 0.25) is 0 Å². The molecule has 2 amide bonds. The molecule has 1 rings (SSSR count). The minimum absolute atomic E-state index is 0.0115. The van der Waals surface area contributed by atoms with E-state index in [1.807, 2.05) is 0 Å². The summed E-state index contributed by atoms with van der Waals surface area (Å²) in [7, 11) is 0. The van der Waals surface area contributed by atoms with Crippen LogP contribution in [0, 0.1) is 5.92 Å². The number of carbonyl (C=O) groups excluding carboxylic acids is 2. The van der Waals surface area contributed by atoms with E-state index in [1.165, 1.54) is 0 Å². The van der Waals surface area contributed by atoms with Crippen LogP contribution in [0.5, 0.6) is 0 Å². The summed E-state index contributed by atoms with van der Waals surface area (Å²) >= 11 is 0. The van der Waals surface area contributed by atoms with Crippen molar-refractivity contribution in [3.8, 4) is 0 Å². The third kappa shape index (κ3) is 5.04. The summed E-state index contributed by atoms with van der Waals surface area (Å²) in [5.41, 5.74) is 5.63. The lowest BCUT2D eigenvalue weighted by Gasteiger charge is -2.27. The van der Waals surface area contributed by atoms with Crippen LogP contribution in [0.25, 0.3) is 0 Å². The lowest BCUT2D eigenvalue weighted by molar-refractivity contribution is -0.138. The van der Waals surface area contributed by atoms with Crippen LogP contribution in [-0.4, -0.2) is 42.4 Å². The van der Waals surface area contributed by atoms with Gasteiger partial charge in [0.05, 0.1) is 6.54 Å². The molecule has 1 saturated heterocycles. The third-order valence-corrected chi connectivity index (χ3v) is 3.16. The van der Waals surface area contributed by atoms with Gasteiger partial charge in [0.1, 0.15) is 0 Å². The largest absolute Gasteiger partial charge is 0.351 e.